The maximum absolute atomic E-state index is 10.7. The molecule has 0 atom stereocenters. The van der Waals surface area contributed by atoms with Gasteiger partial charge in [0.05, 0.1) is 6.54 Å². The first-order chi connectivity index (χ1) is 7.13. The number of nitrogens with two attached hydrogens (primary N) is 1. The Hall–Kier alpha value is -1.37. The highest BCUT2D eigenvalue weighted by atomic mass is 16.5. The monoisotopic (exact) mass is 209 g/mol. The molecule has 0 unspecified atom stereocenters. The predicted molar refractivity (Wildman–Crippen MR) is 55.1 cm³/mol. The molecule has 15 heavy (non-hydrogen) atoms. The van der Waals surface area contributed by atoms with Crippen LogP contribution in [0.4, 0.5) is 0 Å². The lowest BCUT2D eigenvalue weighted by molar-refractivity contribution is -0.143. The molecule has 0 fully saturated rings. The van der Waals surface area contributed by atoms with Gasteiger partial charge in [0.2, 0.25) is 0 Å². The van der Waals surface area contributed by atoms with E-state index >= 15 is 0 Å². The van der Waals surface area contributed by atoms with Crippen LogP contribution >= 0.6 is 0 Å². The van der Waals surface area contributed by atoms with E-state index in [1.165, 1.54) is 0 Å². The molecule has 0 aliphatic heterocycles. The predicted octanol–water partition coefficient (Wildman–Crippen LogP) is -1.63. The van der Waals surface area contributed by atoms with Gasteiger partial charge in [-0.05, 0) is 11.0 Å². The second-order valence-corrected chi connectivity index (χ2v) is 2.98. The molecule has 80 valence electrons. The van der Waals surface area contributed by atoms with Gasteiger partial charge in [-0.2, -0.15) is 0 Å². The molecule has 0 saturated heterocycles. The summed E-state index contributed by atoms with van der Waals surface area (Å²) in [6.45, 7) is -0.00866. The van der Waals surface area contributed by atoms with Gasteiger partial charge < -0.3 is 20.5 Å². The number of carbonyl (C=O) groups excluding carboxylic acids is 1. The Kier molecular flexibility index (Phi) is 4.29. The fourth-order valence-electron chi connectivity index (χ4n) is 1.01. The van der Waals surface area contributed by atoms with Crippen molar-refractivity contribution in [2.45, 2.75) is 6.61 Å². The first kappa shape index (κ1) is 11.7. The van der Waals surface area contributed by atoms with Gasteiger partial charge in [0.1, 0.15) is 6.61 Å². The molecule has 1 aromatic rings. The minimum absolute atomic E-state index is 0.137. The summed E-state index contributed by atoms with van der Waals surface area (Å²) >= 11 is 0. The maximum atomic E-state index is 10.7. The van der Waals surface area contributed by atoms with Crippen LogP contribution in [0.1, 0.15) is 5.56 Å². The van der Waals surface area contributed by atoms with Gasteiger partial charge in [0, 0.05) is 0 Å². The molecule has 0 aliphatic carbocycles. The third-order valence-electron chi connectivity index (χ3n) is 1.84. The standard InChI is InChI=1S/C9H12BNO4/c11-5-9(12)15-6-7-1-3-8(4-2-7)10(13)14/h1-4,13-14H,5-6,11H2. The average Bonchev–Trinajstić information content (AvgIpc) is 2.26. The van der Waals surface area contributed by atoms with Gasteiger partial charge >= 0.3 is 13.1 Å². The van der Waals surface area contributed by atoms with E-state index in [1.54, 1.807) is 24.3 Å². The fourth-order valence-corrected chi connectivity index (χ4v) is 1.01. The average molecular weight is 209 g/mol. The van der Waals surface area contributed by atoms with Crippen molar-refractivity contribution >= 4 is 18.6 Å². The summed E-state index contributed by atoms with van der Waals surface area (Å²) < 4.78 is 4.79. The molecule has 0 spiro atoms. The fraction of sp³-hybridized carbons (Fsp3) is 0.222. The number of ether oxygens (including phenoxy) is 1. The summed E-state index contributed by atoms with van der Waals surface area (Å²) in [5.41, 5.74) is 6.22. The maximum Gasteiger partial charge on any atom is 0.488 e. The van der Waals surface area contributed by atoms with Crippen LogP contribution in [0.15, 0.2) is 24.3 Å². The summed E-state index contributed by atoms with van der Waals surface area (Å²) in [5.74, 6) is -0.471. The number of hydrogen-bond donors (Lipinski definition) is 3. The van der Waals surface area contributed by atoms with Crippen molar-refractivity contribution in [3.8, 4) is 0 Å². The van der Waals surface area contributed by atoms with Crippen LogP contribution in [0.3, 0.4) is 0 Å². The van der Waals surface area contributed by atoms with E-state index in [0.29, 0.717) is 5.46 Å². The van der Waals surface area contributed by atoms with E-state index in [2.05, 4.69) is 0 Å². The first-order valence-electron chi connectivity index (χ1n) is 4.44. The second kappa shape index (κ2) is 5.50. The normalized spacial score (nSPS) is 9.80. The summed E-state index contributed by atoms with van der Waals surface area (Å²) in [5, 5.41) is 17.6. The Bertz CT molecular complexity index is 325. The molecule has 0 radical (unpaired) electrons. The van der Waals surface area contributed by atoms with Crippen LogP contribution in [0.2, 0.25) is 0 Å². The molecule has 0 saturated carbocycles. The quantitative estimate of drug-likeness (QED) is 0.408. The molecule has 0 heterocycles. The van der Waals surface area contributed by atoms with Crippen molar-refractivity contribution in [1.82, 2.24) is 0 Å². The minimum atomic E-state index is -1.48. The number of carbonyl (C=O) groups is 1. The topological polar surface area (TPSA) is 92.8 Å². The van der Waals surface area contributed by atoms with Crippen molar-refractivity contribution < 1.29 is 19.6 Å². The third kappa shape index (κ3) is 3.71. The number of rotatable bonds is 4. The van der Waals surface area contributed by atoms with Crippen molar-refractivity contribution in [1.29, 1.82) is 0 Å². The Labute approximate surface area is 87.6 Å². The van der Waals surface area contributed by atoms with Crippen molar-refractivity contribution in [2.75, 3.05) is 6.54 Å². The molecule has 0 amide bonds. The Morgan fingerprint density at radius 1 is 1.33 bits per heavy atom. The van der Waals surface area contributed by atoms with Crippen LogP contribution < -0.4 is 11.2 Å². The Balaban J connectivity index is 2.53. The zero-order valence-corrected chi connectivity index (χ0v) is 8.09. The molecule has 1 rings (SSSR count). The molecule has 0 aliphatic rings. The lowest BCUT2D eigenvalue weighted by Crippen LogP contribution is -2.29. The number of hydrogen-bond acceptors (Lipinski definition) is 5. The van der Waals surface area contributed by atoms with Crippen molar-refractivity contribution in [2.24, 2.45) is 5.73 Å². The zero-order chi connectivity index (χ0) is 11.3. The molecule has 1 aromatic carbocycles. The minimum Gasteiger partial charge on any atom is -0.460 e. The number of esters is 1. The van der Waals surface area contributed by atoms with Gasteiger partial charge in [0.25, 0.3) is 0 Å². The number of benzene rings is 1. The Morgan fingerprint density at radius 2 is 1.93 bits per heavy atom. The van der Waals surface area contributed by atoms with Gasteiger partial charge in [-0.1, -0.05) is 24.3 Å². The summed E-state index contributed by atoms with van der Waals surface area (Å²) in [6, 6.07) is 6.41. The van der Waals surface area contributed by atoms with Crippen LogP contribution in [0.5, 0.6) is 0 Å². The van der Waals surface area contributed by atoms with E-state index in [9.17, 15) is 4.79 Å². The highest BCUT2D eigenvalue weighted by Crippen LogP contribution is 1.99. The molecule has 0 aromatic heterocycles. The van der Waals surface area contributed by atoms with Gasteiger partial charge in [-0.3, -0.25) is 4.79 Å². The third-order valence-corrected chi connectivity index (χ3v) is 1.84. The Morgan fingerprint density at radius 3 is 2.40 bits per heavy atom. The first-order valence-corrected chi connectivity index (χ1v) is 4.44. The van der Waals surface area contributed by atoms with E-state index < -0.39 is 13.1 Å². The molecule has 0 bridgehead atoms. The van der Waals surface area contributed by atoms with Crippen LogP contribution in [0, 0.1) is 0 Å². The van der Waals surface area contributed by atoms with Gasteiger partial charge in [-0.15, -0.1) is 0 Å². The van der Waals surface area contributed by atoms with E-state index in [1.807, 2.05) is 0 Å². The van der Waals surface area contributed by atoms with Crippen molar-refractivity contribution in [3.63, 3.8) is 0 Å². The lowest BCUT2D eigenvalue weighted by atomic mass is 9.80. The molecule has 6 heteroatoms. The summed E-state index contributed by atoms with van der Waals surface area (Å²) in [7, 11) is -1.48. The van der Waals surface area contributed by atoms with E-state index in [0.717, 1.165) is 5.56 Å². The van der Waals surface area contributed by atoms with Gasteiger partial charge in [0.15, 0.2) is 0 Å². The largest absolute Gasteiger partial charge is 0.488 e. The summed E-state index contributed by atoms with van der Waals surface area (Å²) in [4.78, 5) is 10.7. The molecular formula is C9H12BNO4. The molecule has 5 nitrogen and oxygen atoms in total. The highest BCUT2D eigenvalue weighted by molar-refractivity contribution is 6.58. The van der Waals surface area contributed by atoms with E-state index in [4.69, 9.17) is 20.5 Å². The zero-order valence-electron chi connectivity index (χ0n) is 8.09. The van der Waals surface area contributed by atoms with E-state index in [-0.39, 0.29) is 13.2 Å². The van der Waals surface area contributed by atoms with Crippen molar-refractivity contribution in [3.05, 3.63) is 29.8 Å². The molecular weight excluding hydrogens is 197 g/mol. The van der Waals surface area contributed by atoms with Crippen LogP contribution in [-0.2, 0) is 16.1 Å². The smallest absolute Gasteiger partial charge is 0.460 e. The van der Waals surface area contributed by atoms with Crippen LogP contribution in [-0.4, -0.2) is 29.7 Å². The highest BCUT2D eigenvalue weighted by Gasteiger charge is 2.09. The lowest BCUT2D eigenvalue weighted by Gasteiger charge is -2.04. The van der Waals surface area contributed by atoms with Crippen LogP contribution in [0.25, 0.3) is 0 Å². The SMILES string of the molecule is NCC(=O)OCc1ccc(B(O)O)cc1. The second-order valence-electron chi connectivity index (χ2n) is 2.98. The molecule has 4 N–H and O–H groups in total. The van der Waals surface area contributed by atoms with Gasteiger partial charge in [-0.25, -0.2) is 0 Å². The summed E-state index contributed by atoms with van der Waals surface area (Å²) in [6.07, 6.45) is 0.